The van der Waals surface area contributed by atoms with Gasteiger partial charge in [0.15, 0.2) is 0 Å². The lowest BCUT2D eigenvalue weighted by atomic mass is 10.0. The molecule has 39 heavy (non-hydrogen) atoms. The highest BCUT2D eigenvalue weighted by molar-refractivity contribution is 7.98. The maximum Gasteiger partial charge on any atom is 0.326 e. The molecule has 0 aliphatic carbocycles. The number of aliphatic carboxylic acids is 1. The van der Waals surface area contributed by atoms with Crippen LogP contribution < -0.4 is 21.3 Å². The first kappa shape index (κ1) is 36.9. The number of carboxylic acid groups (broad SMARTS) is 1. The van der Waals surface area contributed by atoms with Crippen molar-refractivity contribution >= 4 is 41.2 Å². The molecule has 0 radical (unpaired) electrons. The van der Waals surface area contributed by atoms with Gasteiger partial charge in [-0.2, -0.15) is 11.8 Å². The van der Waals surface area contributed by atoms with E-state index in [1.165, 1.54) is 0 Å². The zero-order valence-electron chi connectivity index (χ0n) is 24.9. The molecule has 3 atom stereocenters. The summed E-state index contributed by atoms with van der Waals surface area (Å²) in [6.07, 6.45) is 6.03. The molecule has 226 valence electrons. The zero-order chi connectivity index (χ0) is 30.0. The molecular weight excluding hydrogens is 520 g/mol. The van der Waals surface area contributed by atoms with Crippen LogP contribution in [0, 0.1) is 11.8 Å². The van der Waals surface area contributed by atoms with Crippen molar-refractivity contribution in [1.82, 2.24) is 21.3 Å². The molecule has 5 N–H and O–H groups in total. The van der Waals surface area contributed by atoms with Gasteiger partial charge in [0.25, 0.3) is 0 Å². The van der Waals surface area contributed by atoms with Crippen molar-refractivity contribution in [2.45, 2.75) is 117 Å². The molecular formula is C28H52N4O6S. The number of rotatable bonds is 22. The fourth-order valence-electron chi connectivity index (χ4n) is 3.90. The van der Waals surface area contributed by atoms with Crippen LogP contribution in [0.4, 0.5) is 0 Å². The van der Waals surface area contributed by atoms with E-state index in [2.05, 4.69) is 21.3 Å². The smallest absolute Gasteiger partial charge is 0.326 e. The highest BCUT2D eigenvalue weighted by atomic mass is 32.2. The van der Waals surface area contributed by atoms with Gasteiger partial charge in [-0.3, -0.25) is 19.2 Å². The Morgan fingerprint density at radius 3 is 1.95 bits per heavy atom. The van der Waals surface area contributed by atoms with Gasteiger partial charge < -0.3 is 26.4 Å². The summed E-state index contributed by atoms with van der Waals surface area (Å²) in [5.41, 5.74) is 0. The van der Waals surface area contributed by atoms with Crippen LogP contribution in [0.5, 0.6) is 0 Å². The van der Waals surface area contributed by atoms with Gasteiger partial charge in [0.2, 0.25) is 17.7 Å². The van der Waals surface area contributed by atoms with Crippen LogP contribution >= 0.6 is 11.8 Å². The zero-order valence-corrected chi connectivity index (χ0v) is 25.7. The van der Waals surface area contributed by atoms with Gasteiger partial charge in [0.1, 0.15) is 17.9 Å². The Balaban J connectivity index is 4.68. The van der Waals surface area contributed by atoms with Crippen molar-refractivity contribution in [1.29, 1.82) is 0 Å². The third-order valence-corrected chi connectivity index (χ3v) is 6.93. The summed E-state index contributed by atoms with van der Waals surface area (Å²) in [6.45, 7) is 11.7. The maximum atomic E-state index is 13.0. The minimum absolute atomic E-state index is 0.0161. The lowest BCUT2D eigenvalue weighted by Gasteiger charge is -2.27. The van der Waals surface area contributed by atoms with Crippen molar-refractivity contribution in [2.24, 2.45) is 11.8 Å². The first-order chi connectivity index (χ1) is 18.3. The van der Waals surface area contributed by atoms with Crippen LogP contribution in [0.2, 0.25) is 0 Å². The van der Waals surface area contributed by atoms with E-state index in [9.17, 15) is 29.1 Å². The van der Waals surface area contributed by atoms with E-state index in [0.717, 1.165) is 5.75 Å². The summed E-state index contributed by atoms with van der Waals surface area (Å²) in [7, 11) is 0. The van der Waals surface area contributed by atoms with Crippen LogP contribution in [0.15, 0.2) is 0 Å². The summed E-state index contributed by atoms with van der Waals surface area (Å²) in [5, 5.41) is 21.1. The van der Waals surface area contributed by atoms with Crippen LogP contribution in [0.3, 0.4) is 0 Å². The number of carboxylic acids is 1. The molecule has 0 heterocycles. The van der Waals surface area contributed by atoms with Crippen LogP contribution in [0.25, 0.3) is 0 Å². The third kappa shape index (κ3) is 17.2. The third-order valence-electron chi connectivity index (χ3n) is 6.29. The van der Waals surface area contributed by atoms with Gasteiger partial charge in [-0.1, -0.05) is 41.5 Å². The monoisotopic (exact) mass is 572 g/mol. The van der Waals surface area contributed by atoms with Crippen molar-refractivity contribution < 1.29 is 29.1 Å². The van der Waals surface area contributed by atoms with Gasteiger partial charge in [-0.15, -0.1) is 0 Å². The van der Waals surface area contributed by atoms with E-state index < -0.39 is 30.0 Å². The number of amides is 3. The highest BCUT2D eigenvalue weighted by Gasteiger charge is 2.30. The maximum absolute atomic E-state index is 13.0. The second kappa shape index (κ2) is 20.7. The Kier molecular flexibility index (Phi) is 19.6. The van der Waals surface area contributed by atoms with Gasteiger partial charge in [0.05, 0.1) is 6.04 Å². The molecule has 0 aliphatic heterocycles. The van der Waals surface area contributed by atoms with Crippen molar-refractivity contribution in [3.8, 4) is 0 Å². The highest BCUT2D eigenvalue weighted by Crippen LogP contribution is 2.09. The number of thioether (sulfide) groups is 1. The molecule has 0 aromatic rings. The Morgan fingerprint density at radius 1 is 0.769 bits per heavy atom. The van der Waals surface area contributed by atoms with Gasteiger partial charge >= 0.3 is 5.97 Å². The molecule has 0 unspecified atom stereocenters. The van der Waals surface area contributed by atoms with Crippen LogP contribution in [-0.4, -0.2) is 77.3 Å². The van der Waals surface area contributed by atoms with Crippen molar-refractivity contribution in [2.75, 3.05) is 18.6 Å². The largest absolute Gasteiger partial charge is 0.480 e. The van der Waals surface area contributed by atoms with E-state index in [0.29, 0.717) is 51.5 Å². The standard InChI is InChI=1S/C28H52N4O6S/c1-18(2)23(33)13-8-9-14-24(34)29-16-11-10-12-22(28(37)38)31-27(36)25(19(3)4)32-26(35)21(15-17-39-7)30-20(5)6/h18-22,25,30H,8-17H2,1-7H3,(H,29,34)(H,31,36)(H,32,35)(H,37,38)/t21-,22-,25-/m0/s1. The Hall–Kier alpha value is -2.14. The van der Waals surface area contributed by atoms with Crippen molar-refractivity contribution in [3.63, 3.8) is 0 Å². The fourth-order valence-corrected chi connectivity index (χ4v) is 4.37. The van der Waals surface area contributed by atoms with Crippen molar-refractivity contribution in [3.05, 3.63) is 0 Å². The summed E-state index contributed by atoms with van der Waals surface area (Å²) >= 11 is 1.64. The second-order valence-corrected chi connectivity index (χ2v) is 11.9. The topological polar surface area (TPSA) is 154 Å². The van der Waals surface area contributed by atoms with Crippen LogP contribution in [-0.2, 0) is 24.0 Å². The Morgan fingerprint density at radius 2 is 1.41 bits per heavy atom. The summed E-state index contributed by atoms with van der Waals surface area (Å²) in [4.78, 5) is 61.3. The average Bonchev–Trinajstić information content (AvgIpc) is 2.85. The number of nitrogens with one attached hydrogen (secondary N) is 4. The SMILES string of the molecule is CSCC[C@H](NC(C)C)C(=O)N[C@H](C(=O)N[C@@H](CCCCNC(=O)CCCCC(=O)C(C)C)C(=O)O)C(C)C. The number of ketones is 1. The molecule has 10 nitrogen and oxygen atoms in total. The molecule has 11 heteroatoms. The minimum atomic E-state index is -1.14. The van der Waals surface area contributed by atoms with Gasteiger partial charge in [-0.05, 0) is 56.5 Å². The van der Waals surface area contributed by atoms with E-state index in [4.69, 9.17) is 0 Å². The molecule has 0 fully saturated rings. The lowest BCUT2D eigenvalue weighted by molar-refractivity contribution is -0.142. The summed E-state index contributed by atoms with van der Waals surface area (Å²) in [6, 6.07) is -2.30. The molecule has 0 aliphatic rings. The quantitative estimate of drug-likeness (QED) is 0.124. The van der Waals surface area contributed by atoms with Gasteiger partial charge in [0, 0.05) is 31.3 Å². The number of carbonyl (C=O) groups is 5. The number of hydrogen-bond donors (Lipinski definition) is 5. The summed E-state index contributed by atoms with van der Waals surface area (Å²) < 4.78 is 0. The molecule has 0 saturated carbocycles. The summed E-state index contributed by atoms with van der Waals surface area (Å²) in [5.74, 6) is -1.26. The number of hydrogen-bond acceptors (Lipinski definition) is 7. The van der Waals surface area contributed by atoms with E-state index in [-0.39, 0.29) is 41.9 Å². The first-order valence-electron chi connectivity index (χ1n) is 14.2. The Labute approximate surface area is 239 Å². The first-order valence-corrected chi connectivity index (χ1v) is 15.6. The lowest BCUT2D eigenvalue weighted by Crippen LogP contribution is -2.57. The minimum Gasteiger partial charge on any atom is -0.480 e. The number of carbonyl (C=O) groups excluding carboxylic acids is 4. The molecule has 0 aromatic carbocycles. The molecule has 0 saturated heterocycles. The normalized spacial score (nSPS) is 13.7. The molecule has 0 aromatic heterocycles. The molecule has 0 spiro atoms. The molecule has 0 bridgehead atoms. The molecule has 0 rings (SSSR count). The van der Waals surface area contributed by atoms with Gasteiger partial charge in [-0.25, -0.2) is 4.79 Å². The Bertz CT molecular complexity index is 775. The number of unbranched alkanes of at least 4 members (excludes halogenated alkanes) is 2. The predicted octanol–water partition coefficient (Wildman–Crippen LogP) is 2.89. The fraction of sp³-hybridized carbons (Fsp3) is 0.821. The van der Waals surface area contributed by atoms with Crippen LogP contribution in [0.1, 0.15) is 92.9 Å². The number of Topliss-reactive ketones (excluding diaryl/α,β-unsaturated/α-hetero) is 1. The van der Waals surface area contributed by atoms with E-state index >= 15 is 0 Å². The second-order valence-electron chi connectivity index (χ2n) is 11.0. The predicted molar refractivity (Wildman–Crippen MR) is 157 cm³/mol. The van der Waals surface area contributed by atoms with E-state index in [1.807, 2.05) is 34.0 Å². The molecule has 3 amide bonds. The van der Waals surface area contributed by atoms with E-state index in [1.54, 1.807) is 25.6 Å². The average molecular weight is 573 g/mol.